The lowest BCUT2D eigenvalue weighted by molar-refractivity contribution is -0.124. The highest BCUT2D eigenvalue weighted by Crippen LogP contribution is 2.30. The van der Waals surface area contributed by atoms with Crippen molar-refractivity contribution in [2.45, 2.75) is 19.0 Å². The van der Waals surface area contributed by atoms with Gasteiger partial charge in [-0.3, -0.25) is 9.59 Å². The second kappa shape index (κ2) is 10.9. The molecule has 0 saturated carbocycles. The molecule has 1 N–H and O–H groups in total. The number of ether oxygens (including phenoxy) is 2. The van der Waals surface area contributed by atoms with Crippen LogP contribution in [-0.2, 0) is 20.9 Å². The highest BCUT2D eigenvalue weighted by molar-refractivity contribution is 6.22. The number of carbonyl (C=O) groups is 4. The van der Waals surface area contributed by atoms with E-state index < -0.39 is 35.7 Å². The van der Waals surface area contributed by atoms with Crippen molar-refractivity contribution in [1.29, 1.82) is 0 Å². The molecule has 190 valence electrons. The summed E-state index contributed by atoms with van der Waals surface area (Å²) in [4.78, 5) is 53.5. The Hall–Kier alpha value is -4.73. The van der Waals surface area contributed by atoms with E-state index in [4.69, 9.17) is 4.74 Å². The van der Waals surface area contributed by atoms with Gasteiger partial charge in [0.1, 0.15) is 17.6 Å². The van der Waals surface area contributed by atoms with E-state index in [9.17, 15) is 23.6 Å². The Morgan fingerprint density at radius 1 is 0.973 bits per heavy atom. The standard InChI is InChI=1S/C27H24FN3O6/c1-36-22-12-10-21(11-13-22)31-25(33)23(30(27(31)35)16-17-4-3-5-19(28)14-17)15-24(32)29-20-8-6-18(7-9-20)26(34)37-2/h3-14,23H,15-16H2,1-2H3,(H,29,32). The zero-order chi connectivity index (χ0) is 26.5. The summed E-state index contributed by atoms with van der Waals surface area (Å²) in [7, 11) is 2.77. The smallest absolute Gasteiger partial charge is 0.337 e. The Morgan fingerprint density at radius 2 is 1.68 bits per heavy atom. The average Bonchev–Trinajstić information content (AvgIpc) is 3.12. The molecule has 0 aromatic heterocycles. The van der Waals surface area contributed by atoms with Crippen molar-refractivity contribution in [1.82, 2.24) is 4.90 Å². The van der Waals surface area contributed by atoms with Crippen molar-refractivity contribution in [3.8, 4) is 5.75 Å². The van der Waals surface area contributed by atoms with Crippen LogP contribution in [0.2, 0.25) is 0 Å². The molecule has 4 rings (SSSR count). The first kappa shape index (κ1) is 25.4. The number of hydrogen-bond donors (Lipinski definition) is 1. The fourth-order valence-electron chi connectivity index (χ4n) is 4.01. The molecule has 10 heteroatoms. The van der Waals surface area contributed by atoms with Crippen LogP contribution in [-0.4, -0.2) is 49.0 Å². The molecule has 9 nitrogen and oxygen atoms in total. The van der Waals surface area contributed by atoms with E-state index in [1.165, 1.54) is 61.6 Å². The number of anilines is 2. The molecule has 1 saturated heterocycles. The topological polar surface area (TPSA) is 105 Å². The molecular formula is C27H24FN3O6. The van der Waals surface area contributed by atoms with Gasteiger partial charge < -0.3 is 19.7 Å². The third-order valence-electron chi connectivity index (χ3n) is 5.86. The average molecular weight is 506 g/mol. The lowest BCUT2D eigenvalue weighted by Crippen LogP contribution is -2.37. The summed E-state index contributed by atoms with van der Waals surface area (Å²) in [6.07, 6.45) is -0.328. The summed E-state index contributed by atoms with van der Waals surface area (Å²) in [6.45, 7) is -0.0687. The van der Waals surface area contributed by atoms with Gasteiger partial charge in [0.25, 0.3) is 5.91 Å². The number of methoxy groups -OCH3 is 2. The van der Waals surface area contributed by atoms with Crippen LogP contribution in [0.1, 0.15) is 22.3 Å². The summed E-state index contributed by atoms with van der Waals surface area (Å²) < 4.78 is 23.6. The van der Waals surface area contributed by atoms with Gasteiger partial charge in [-0.2, -0.15) is 0 Å². The lowest BCUT2D eigenvalue weighted by atomic mass is 10.1. The van der Waals surface area contributed by atoms with Gasteiger partial charge in [-0.25, -0.2) is 18.9 Å². The van der Waals surface area contributed by atoms with Crippen LogP contribution in [0.5, 0.6) is 5.75 Å². The molecular weight excluding hydrogens is 481 g/mol. The number of hydrogen-bond acceptors (Lipinski definition) is 6. The van der Waals surface area contributed by atoms with E-state index in [1.807, 2.05) is 0 Å². The summed E-state index contributed by atoms with van der Waals surface area (Å²) in [5.41, 5.74) is 1.51. The Balaban J connectivity index is 1.57. The van der Waals surface area contributed by atoms with Crippen LogP contribution in [0.3, 0.4) is 0 Å². The molecule has 1 aliphatic rings. The quantitative estimate of drug-likeness (QED) is 0.367. The van der Waals surface area contributed by atoms with Gasteiger partial charge >= 0.3 is 12.0 Å². The Bertz CT molecular complexity index is 1330. The number of esters is 1. The van der Waals surface area contributed by atoms with E-state index in [0.717, 1.165) is 4.90 Å². The third kappa shape index (κ3) is 5.58. The molecule has 0 radical (unpaired) electrons. The van der Waals surface area contributed by atoms with Crippen molar-refractivity contribution >= 4 is 35.2 Å². The van der Waals surface area contributed by atoms with Gasteiger partial charge in [-0.05, 0) is 66.2 Å². The number of halogens is 1. The van der Waals surface area contributed by atoms with E-state index in [1.54, 1.807) is 30.3 Å². The zero-order valence-electron chi connectivity index (χ0n) is 20.1. The van der Waals surface area contributed by atoms with Gasteiger partial charge in [-0.1, -0.05) is 12.1 Å². The van der Waals surface area contributed by atoms with Gasteiger partial charge in [0.2, 0.25) is 5.91 Å². The number of imide groups is 1. The fourth-order valence-corrected chi connectivity index (χ4v) is 4.01. The molecule has 0 aliphatic carbocycles. The first-order chi connectivity index (χ1) is 17.8. The number of rotatable bonds is 8. The molecule has 1 aliphatic heterocycles. The maximum absolute atomic E-state index is 13.8. The maximum atomic E-state index is 13.8. The van der Waals surface area contributed by atoms with Crippen molar-refractivity contribution in [2.24, 2.45) is 0 Å². The Kier molecular flexibility index (Phi) is 7.47. The number of carbonyl (C=O) groups excluding carboxylic acids is 4. The monoisotopic (exact) mass is 505 g/mol. The van der Waals surface area contributed by atoms with E-state index in [-0.39, 0.29) is 13.0 Å². The molecule has 3 aromatic rings. The first-order valence-electron chi connectivity index (χ1n) is 11.3. The van der Waals surface area contributed by atoms with E-state index in [0.29, 0.717) is 28.3 Å². The number of nitrogens with one attached hydrogen (secondary N) is 1. The molecule has 1 heterocycles. The zero-order valence-corrected chi connectivity index (χ0v) is 20.1. The van der Waals surface area contributed by atoms with Crippen LogP contribution in [0.4, 0.5) is 20.6 Å². The summed E-state index contributed by atoms with van der Waals surface area (Å²) in [5.74, 6) is -1.54. The maximum Gasteiger partial charge on any atom is 0.337 e. The summed E-state index contributed by atoms with van der Waals surface area (Å²) >= 11 is 0. The third-order valence-corrected chi connectivity index (χ3v) is 5.86. The minimum Gasteiger partial charge on any atom is -0.497 e. The number of nitrogens with zero attached hydrogens (tertiary/aromatic N) is 2. The predicted octanol–water partition coefficient (Wildman–Crippen LogP) is 3.99. The molecule has 0 bridgehead atoms. The first-order valence-corrected chi connectivity index (χ1v) is 11.3. The Labute approximate surface area is 212 Å². The molecule has 1 fully saturated rings. The minimum atomic E-state index is -1.12. The van der Waals surface area contributed by atoms with Crippen LogP contribution < -0.4 is 15.0 Å². The number of urea groups is 1. The lowest BCUT2D eigenvalue weighted by Gasteiger charge is -2.21. The largest absolute Gasteiger partial charge is 0.497 e. The normalized spacial score (nSPS) is 15.1. The van der Waals surface area contributed by atoms with E-state index in [2.05, 4.69) is 10.1 Å². The van der Waals surface area contributed by atoms with Gasteiger partial charge in [0.15, 0.2) is 0 Å². The molecule has 4 amide bonds. The van der Waals surface area contributed by atoms with Crippen LogP contribution in [0, 0.1) is 5.82 Å². The van der Waals surface area contributed by atoms with Crippen molar-refractivity contribution in [2.75, 3.05) is 24.4 Å². The highest BCUT2D eigenvalue weighted by atomic mass is 19.1. The summed E-state index contributed by atoms with van der Waals surface area (Å²) in [6, 6.07) is 16.4. The second-order valence-corrected chi connectivity index (χ2v) is 8.25. The van der Waals surface area contributed by atoms with E-state index >= 15 is 0 Å². The van der Waals surface area contributed by atoms with Crippen molar-refractivity contribution in [3.63, 3.8) is 0 Å². The Morgan fingerprint density at radius 3 is 2.30 bits per heavy atom. The van der Waals surface area contributed by atoms with Gasteiger partial charge in [0.05, 0.1) is 31.9 Å². The minimum absolute atomic E-state index is 0.0687. The van der Waals surface area contributed by atoms with Gasteiger partial charge in [0, 0.05) is 12.2 Å². The number of amides is 4. The second-order valence-electron chi connectivity index (χ2n) is 8.25. The van der Waals surface area contributed by atoms with Crippen LogP contribution in [0.15, 0.2) is 72.8 Å². The SMILES string of the molecule is COC(=O)c1ccc(NC(=O)CC2C(=O)N(c3ccc(OC)cc3)C(=O)N2Cc2cccc(F)c2)cc1. The molecule has 37 heavy (non-hydrogen) atoms. The van der Waals surface area contributed by atoms with Crippen LogP contribution in [0.25, 0.3) is 0 Å². The molecule has 1 atom stereocenters. The fraction of sp³-hybridized carbons (Fsp3) is 0.185. The highest BCUT2D eigenvalue weighted by Gasteiger charge is 2.46. The molecule has 0 spiro atoms. The molecule has 3 aromatic carbocycles. The van der Waals surface area contributed by atoms with Crippen LogP contribution >= 0.6 is 0 Å². The van der Waals surface area contributed by atoms with Crippen molar-refractivity contribution < 1.29 is 33.0 Å². The summed E-state index contributed by atoms with van der Waals surface area (Å²) in [5, 5.41) is 2.68. The number of benzene rings is 3. The molecule has 1 unspecified atom stereocenters. The predicted molar refractivity (Wildman–Crippen MR) is 133 cm³/mol. The van der Waals surface area contributed by atoms with Crippen molar-refractivity contribution in [3.05, 3.63) is 89.7 Å². The van der Waals surface area contributed by atoms with Gasteiger partial charge in [-0.15, -0.1) is 0 Å².